The summed E-state index contributed by atoms with van der Waals surface area (Å²) in [5.41, 5.74) is -0.328. The highest BCUT2D eigenvalue weighted by Gasteiger charge is 2.36. The van der Waals surface area contributed by atoms with E-state index in [1.807, 2.05) is 20.9 Å². The first-order valence-corrected chi connectivity index (χ1v) is 7.33. The molecule has 1 saturated heterocycles. The van der Waals surface area contributed by atoms with Crippen LogP contribution in [-0.2, 0) is 18.3 Å². The number of carbonyl (C=O) groups is 1. The fourth-order valence-corrected chi connectivity index (χ4v) is 2.67. The Morgan fingerprint density at radius 1 is 1.60 bits per heavy atom. The van der Waals surface area contributed by atoms with E-state index < -0.39 is 0 Å². The molecule has 1 aliphatic heterocycles. The van der Waals surface area contributed by atoms with Crippen LogP contribution in [0.3, 0.4) is 0 Å². The van der Waals surface area contributed by atoms with Crippen LogP contribution in [0.5, 0.6) is 0 Å². The highest BCUT2D eigenvalue weighted by Crippen LogP contribution is 2.31. The molecule has 0 spiro atoms. The third-order valence-corrected chi connectivity index (χ3v) is 4.18. The maximum atomic E-state index is 12.4. The fourth-order valence-electron chi connectivity index (χ4n) is 2.67. The average molecular weight is 279 g/mol. The lowest BCUT2D eigenvalue weighted by molar-refractivity contribution is -0.132. The Morgan fingerprint density at radius 3 is 3.00 bits per heavy atom. The van der Waals surface area contributed by atoms with Crippen LogP contribution in [0.1, 0.15) is 32.5 Å². The molecule has 20 heavy (non-hydrogen) atoms. The second kappa shape index (κ2) is 6.35. The van der Waals surface area contributed by atoms with Gasteiger partial charge >= 0.3 is 0 Å². The summed E-state index contributed by atoms with van der Waals surface area (Å²) in [6, 6.07) is 0. The van der Waals surface area contributed by atoms with Gasteiger partial charge in [0.1, 0.15) is 6.33 Å². The first kappa shape index (κ1) is 15.0. The molecule has 1 amide bonds. The van der Waals surface area contributed by atoms with Gasteiger partial charge in [0, 0.05) is 25.4 Å². The van der Waals surface area contributed by atoms with Crippen molar-refractivity contribution < 1.29 is 4.79 Å². The highest BCUT2D eigenvalue weighted by atomic mass is 16.2. The molecule has 2 rings (SSSR count). The van der Waals surface area contributed by atoms with Gasteiger partial charge < -0.3 is 10.6 Å². The summed E-state index contributed by atoms with van der Waals surface area (Å²) in [7, 11) is 1.84. The molecular weight excluding hydrogens is 254 g/mol. The largest absolute Gasteiger partial charge is 0.355 e. The van der Waals surface area contributed by atoms with E-state index in [1.54, 1.807) is 11.0 Å². The minimum absolute atomic E-state index is 0.127. The molecule has 1 fully saturated rings. The first-order chi connectivity index (χ1) is 9.50. The predicted octanol–water partition coefficient (Wildman–Crippen LogP) is 0.500. The van der Waals surface area contributed by atoms with Crippen molar-refractivity contribution in [1.29, 1.82) is 0 Å². The number of rotatable bonds is 5. The molecule has 2 heterocycles. The standard InChI is InChI=1S/C14H25N5O/c1-14(2,11-5-4-7-15-9-11)13(20)16-8-6-12-17-10-19(3)18-12/h10-11,15H,4-9H2,1-3H3,(H,16,20). The van der Waals surface area contributed by atoms with E-state index in [-0.39, 0.29) is 11.3 Å². The topological polar surface area (TPSA) is 71.8 Å². The van der Waals surface area contributed by atoms with Crippen LogP contribution < -0.4 is 10.6 Å². The zero-order valence-electron chi connectivity index (χ0n) is 12.6. The second-order valence-electron chi connectivity index (χ2n) is 6.11. The fraction of sp³-hybridized carbons (Fsp3) is 0.786. The van der Waals surface area contributed by atoms with Crippen molar-refractivity contribution in [3.8, 4) is 0 Å². The Labute approximate surface area is 120 Å². The van der Waals surface area contributed by atoms with Crippen molar-refractivity contribution in [2.45, 2.75) is 33.1 Å². The van der Waals surface area contributed by atoms with Crippen molar-refractivity contribution in [1.82, 2.24) is 25.4 Å². The zero-order valence-corrected chi connectivity index (χ0v) is 12.6. The number of hydrogen-bond donors (Lipinski definition) is 2. The Hall–Kier alpha value is -1.43. The normalized spacial score (nSPS) is 19.9. The van der Waals surface area contributed by atoms with Crippen LogP contribution in [0.4, 0.5) is 0 Å². The number of carbonyl (C=O) groups excluding carboxylic acids is 1. The van der Waals surface area contributed by atoms with Crippen LogP contribution in [-0.4, -0.2) is 40.3 Å². The van der Waals surface area contributed by atoms with Crippen LogP contribution in [0.15, 0.2) is 6.33 Å². The lowest BCUT2D eigenvalue weighted by atomic mass is 9.74. The molecule has 0 aromatic carbocycles. The zero-order chi connectivity index (χ0) is 14.6. The summed E-state index contributed by atoms with van der Waals surface area (Å²) in [6.07, 6.45) is 4.62. The van der Waals surface area contributed by atoms with E-state index in [0.29, 0.717) is 18.9 Å². The summed E-state index contributed by atoms with van der Waals surface area (Å²) in [6.45, 7) is 6.67. The van der Waals surface area contributed by atoms with Gasteiger partial charge in [-0.2, -0.15) is 5.10 Å². The molecule has 0 radical (unpaired) electrons. The minimum Gasteiger partial charge on any atom is -0.355 e. The number of nitrogens with one attached hydrogen (secondary N) is 2. The van der Waals surface area contributed by atoms with Crippen molar-refractivity contribution >= 4 is 5.91 Å². The molecule has 0 aliphatic carbocycles. The van der Waals surface area contributed by atoms with E-state index in [4.69, 9.17) is 0 Å². The van der Waals surface area contributed by atoms with Gasteiger partial charge in [0.05, 0.1) is 0 Å². The summed E-state index contributed by atoms with van der Waals surface area (Å²) in [5, 5.41) is 10.6. The van der Waals surface area contributed by atoms with Crippen LogP contribution >= 0.6 is 0 Å². The van der Waals surface area contributed by atoms with E-state index in [2.05, 4.69) is 20.7 Å². The lowest BCUT2D eigenvalue weighted by Gasteiger charge is -2.36. The number of piperidine rings is 1. The smallest absolute Gasteiger partial charge is 0.225 e. The Morgan fingerprint density at radius 2 is 2.40 bits per heavy atom. The maximum Gasteiger partial charge on any atom is 0.225 e. The number of nitrogens with zero attached hydrogens (tertiary/aromatic N) is 3. The summed E-state index contributed by atoms with van der Waals surface area (Å²) in [4.78, 5) is 16.5. The van der Waals surface area contributed by atoms with Gasteiger partial charge in [-0.05, 0) is 31.8 Å². The second-order valence-corrected chi connectivity index (χ2v) is 6.11. The molecule has 0 saturated carbocycles. The van der Waals surface area contributed by atoms with Gasteiger partial charge in [-0.3, -0.25) is 9.48 Å². The Kier molecular flexibility index (Phi) is 4.75. The Balaban J connectivity index is 1.80. The third kappa shape index (κ3) is 3.56. The highest BCUT2D eigenvalue weighted by molar-refractivity contribution is 5.82. The number of amides is 1. The van der Waals surface area contributed by atoms with E-state index in [1.165, 1.54) is 0 Å². The summed E-state index contributed by atoms with van der Waals surface area (Å²) < 4.78 is 1.68. The van der Waals surface area contributed by atoms with Gasteiger partial charge in [0.2, 0.25) is 5.91 Å². The molecule has 1 aliphatic rings. The van der Waals surface area contributed by atoms with Gasteiger partial charge in [0.15, 0.2) is 5.82 Å². The lowest BCUT2D eigenvalue weighted by Crippen LogP contribution is -2.47. The van der Waals surface area contributed by atoms with Gasteiger partial charge in [-0.15, -0.1) is 0 Å². The van der Waals surface area contributed by atoms with E-state index in [0.717, 1.165) is 31.8 Å². The van der Waals surface area contributed by atoms with Gasteiger partial charge in [-0.25, -0.2) is 4.98 Å². The SMILES string of the molecule is Cn1cnc(CCNC(=O)C(C)(C)C2CCCNC2)n1. The molecule has 0 bridgehead atoms. The quantitative estimate of drug-likeness (QED) is 0.823. The molecule has 112 valence electrons. The van der Waals surface area contributed by atoms with Crippen molar-refractivity contribution in [3.63, 3.8) is 0 Å². The maximum absolute atomic E-state index is 12.4. The number of aromatic nitrogens is 3. The molecule has 1 aromatic heterocycles. The summed E-state index contributed by atoms with van der Waals surface area (Å²) >= 11 is 0. The van der Waals surface area contributed by atoms with Gasteiger partial charge in [0.25, 0.3) is 0 Å². The molecule has 6 heteroatoms. The van der Waals surface area contributed by atoms with Gasteiger partial charge in [-0.1, -0.05) is 13.8 Å². The summed E-state index contributed by atoms with van der Waals surface area (Å²) in [5.74, 6) is 1.30. The van der Waals surface area contributed by atoms with E-state index >= 15 is 0 Å². The van der Waals surface area contributed by atoms with Crippen molar-refractivity contribution in [3.05, 3.63) is 12.2 Å². The minimum atomic E-state index is -0.328. The number of hydrogen-bond acceptors (Lipinski definition) is 4. The van der Waals surface area contributed by atoms with E-state index in [9.17, 15) is 4.79 Å². The van der Waals surface area contributed by atoms with Crippen LogP contribution in [0, 0.1) is 11.3 Å². The van der Waals surface area contributed by atoms with Crippen LogP contribution in [0.25, 0.3) is 0 Å². The molecule has 2 N–H and O–H groups in total. The molecule has 1 atom stereocenters. The average Bonchev–Trinajstić information content (AvgIpc) is 2.85. The third-order valence-electron chi connectivity index (χ3n) is 4.18. The van der Waals surface area contributed by atoms with Crippen LogP contribution in [0.2, 0.25) is 0 Å². The first-order valence-electron chi connectivity index (χ1n) is 7.33. The van der Waals surface area contributed by atoms with Crippen molar-refractivity contribution in [2.75, 3.05) is 19.6 Å². The number of aryl methyl sites for hydroxylation is 1. The molecule has 1 aromatic rings. The molecular formula is C14H25N5O. The monoisotopic (exact) mass is 279 g/mol. The Bertz CT molecular complexity index is 448. The predicted molar refractivity (Wildman–Crippen MR) is 77.1 cm³/mol. The van der Waals surface area contributed by atoms with Crippen molar-refractivity contribution in [2.24, 2.45) is 18.4 Å². The molecule has 1 unspecified atom stereocenters. The molecule has 6 nitrogen and oxygen atoms in total.